The molecular weight excluding hydrogens is 404 g/mol. The van der Waals surface area contributed by atoms with Gasteiger partial charge in [-0.25, -0.2) is 0 Å². The monoisotopic (exact) mass is 458 g/mol. The molecule has 0 heterocycles. The molecule has 0 rings (SSSR count). The molecule has 0 radical (unpaired) electrons. The summed E-state index contributed by atoms with van der Waals surface area (Å²) in [6.07, 6.45) is 21.1. The molecule has 0 spiro atoms. The van der Waals surface area contributed by atoms with Gasteiger partial charge in [0, 0.05) is 13.0 Å². The molecular formula is C27H54O5. The second-order valence-electron chi connectivity index (χ2n) is 8.76. The number of unbranched alkanes of at least 4 members (excludes halogenated alkanes) is 14. The Balaban J connectivity index is 3.08. The van der Waals surface area contributed by atoms with Gasteiger partial charge in [-0.3, -0.25) is 4.79 Å². The zero-order valence-corrected chi connectivity index (χ0v) is 21.5. The molecule has 0 aromatic rings. The van der Waals surface area contributed by atoms with Crippen molar-refractivity contribution in [3.05, 3.63) is 0 Å². The summed E-state index contributed by atoms with van der Waals surface area (Å²) in [4.78, 5) is 11.6. The average Bonchev–Trinajstić information content (AvgIpc) is 2.80. The van der Waals surface area contributed by atoms with Crippen LogP contribution in [0.3, 0.4) is 0 Å². The minimum absolute atomic E-state index is 0.115. The lowest BCUT2D eigenvalue weighted by atomic mass is 10.1. The third-order valence-corrected chi connectivity index (χ3v) is 5.61. The predicted molar refractivity (Wildman–Crippen MR) is 133 cm³/mol. The highest BCUT2D eigenvalue weighted by Gasteiger charge is 2.02. The van der Waals surface area contributed by atoms with Crippen molar-refractivity contribution in [1.82, 2.24) is 0 Å². The molecule has 5 heteroatoms. The Labute approximate surface area is 199 Å². The second-order valence-corrected chi connectivity index (χ2v) is 8.76. The van der Waals surface area contributed by atoms with Gasteiger partial charge in [-0.2, -0.15) is 0 Å². The average molecular weight is 459 g/mol. The smallest absolute Gasteiger partial charge is 0.305 e. The SMILES string of the molecule is CCCCCCCCCCCCCOCCOCCOCCOC(=O)CCCCCCC. The van der Waals surface area contributed by atoms with E-state index in [1.807, 2.05) is 0 Å². The van der Waals surface area contributed by atoms with Crippen molar-refractivity contribution in [2.45, 2.75) is 123 Å². The molecule has 0 aliphatic carbocycles. The lowest BCUT2D eigenvalue weighted by Crippen LogP contribution is -2.14. The predicted octanol–water partition coefficient (Wildman–Crippen LogP) is 7.25. The summed E-state index contributed by atoms with van der Waals surface area (Å²) in [6, 6.07) is 0. The molecule has 0 saturated heterocycles. The normalized spacial score (nSPS) is 11.2. The Morgan fingerprint density at radius 3 is 1.31 bits per heavy atom. The number of esters is 1. The van der Waals surface area contributed by atoms with Crippen LogP contribution in [0.4, 0.5) is 0 Å². The van der Waals surface area contributed by atoms with E-state index < -0.39 is 0 Å². The van der Waals surface area contributed by atoms with Gasteiger partial charge in [0.2, 0.25) is 0 Å². The first-order valence-corrected chi connectivity index (χ1v) is 13.7. The fourth-order valence-corrected chi connectivity index (χ4v) is 3.57. The Bertz CT molecular complexity index is 362. The van der Waals surface area contributed by atoms with Gasteiger partial charge in [0.25, 0.3) is 0 Å². The van der Waals surface area contributed by atoms with E-state index in [-0.39, 0.29) is 5.97 Å². The lowest BCUT2D eigenvalue weighted by molar-refractivity contribution is -0.145. The van der Waals surface area contributed by atoms with Crippen LogP contribution in [-0.4, -0.2) is 52.2 Å². The summed E-state index contributed by atoms with van der Waals surface area (Å²) in [7, 11) is 0. The number of carbonyl (C=O) groups is 1. The summed E-state index contributed by atoms with van der Waals surface area (Å²) in [5.74, 6) is -0.115. The summed E-state index contributed by atoms with van der Waals surface area (Å²) in [5.41, 5.74) is 0. The minimum atomic E-state index is -0.115. The largest absolute Gasteiger partial charge is 0.463 e. The highest BCUT2D eigenvalue weighted by molar-refractivity contribution is 5.69. The lowest BCUT2D eigenvalue weighted by Gasteiger charge is -2.08. The molecule has 0 amide bonds. The molecule has 5 nitrogen and oxygen atoms in total. The zero-order valence-electron chi connectivity index (χ0n) is 21.5. The highest BCUT2D eigenvalue weighted by Crippen LogP contribution is 2.11. The third-order valence-electron chi connectivity index (χ3n) is 5.61. The van der Waals surface area contributed by atoms with Crippen molar-refractivity contribution in [3.8, 4) is 0 Å². The quantitative estimate of drug-likeness (QED) is 0.0958. The van der Waals surface area contributed by atoms with Crippen molar-refractivity contribution < 1.29 is 23.7 Å². The summed E-state index contributed by atoms with van der Waals surface area (Å²) in [5, 5.41) is 0. The van der Waals surface area contributed by atoms with Crippen LogP contribution >= 0.6 is 0 Å². The second kappa shape index (κ2) is 28.4. The van der Waals surface area contributed by atoms with Gasteiger partial charge in [0.1, 0.15) is 6.61 Å². The van der Waals surface area contributed by atoms with Crippen molar-refractivity contribution in [3.63, 3.8) is 0 Å². The van der Waals surface area contributed by atoms with Gasteiger partial charge in [-0.1, -0.05) is 104 Å². The van der Waals surface area contributed by atoms with E-state index in [0.717, 1.165) is 25.9 Å². The van der Waals surface area contributed by atoms with Gasteiger partial charge in [0.05, 0.1) is 33.0 Å². The Kier molecular flexibility index (Phi) is 27.8. The molecule has 0 aliphatic rings. The molecule has 0 bridgehead atoms. The van der Waals surface area contributed by atoms with Gasteiger partial charge in [-0.15, -0.1) is 0 Å². The van der Waals surface area contributed by atoms with Crippen LogP contribution in [0.25, 0.3) is 0 Å². The molecule has 0 aromatic heterocycles. The first-order chi connectivity index (χ1) is 15.8. The fourth-order valence-electron chi connectivity index (χ4n) is 3.57. The Morgan fingerprint density at radius 2 is 0.812 bits per heavy atom. The van der Waals surface area contributed by atoms with Crippen LogP contribution in [0.15, 0.2) is 0 Å². The van der Waals surface area contributed by atoms with E-state index >= 15 is 0 Å². The molecule has 0 fully saturated rings. The number of hydrogen-bond acceptors (Lipinski definition) is 5. The van der Waals surface area contributed by atoms with E-state index in [4.69, 9.17) is 18.9 Å². The molecule has 0 saturated carbocycles. The van der Waals surface area contributed by atoms with Crippen molar-refractivity contribution in [2.75, 3.05) is 46.2 Å². The third kappa shape index (κ3) is 27.4. The van der Waals surface area contributed by atoms with Gasteiger partial charge >= 0.3 is 5.97 Å². The molecule has 0 N–H and O–H groups in total. The fraction of sp³-hybridized carbons (Fsp3) is 0.963. The van der Waals surface area contributed by atoms with Crippen molar-refractivity contribution in [2.24, 2.45) is 0 Å². The molecule has 32 heavy (non-hydrogen) atoms. The maximum atomic E-state index is 11.6. The first-order valence-electron chi connectivity index (χ1n) is 13.7. The Hall–Kier alpha value is -0.650. The van der Waals surface area contributed by atoms with E-state index in [0.29, 0.717) is 46.1 Å². The number of ether oxygens (including phenoxy) is 4. The number of carbonyl (C=O) groups excluding carboxylic acids is 1. The molecule has 192 valence electrons. The number of rotatable bonds is 27. The summed E-state index contributed by atoms with van der Waals surface area (Å²) >= 11 is 0. The maximum Gasteiger partial charge on any atom is 0.305 e. The van der Waals surface area contributed by atoms with Crippen molar-refractivity contribution >= 4 is 5.97 Å². The number of hydrogen-bond donors (Lipinski definition) is 0. The molecule has 0 aromatic carbocycles. The zero-order chi connectivity index (χ0) is 23.4. The van der Waals surface area contributed by atoms with E-state index in [2.05, 4.69) is 13.8 Å². The summed E-state index contributed by atoms with van der Waals surface area (Å²) in [6.45, 7) is 8.38. The van der Waals surface area contributed by atoms with Crippen LogP contribution in [0.2, 0.25) is 0 Å². The highest BCUT2D eigenvalue weighted by atomic mass is 16.6. The van der Waals surface area contributed by atoms with E-state index in [1.54, 1.807) is 0 Å². The van der Waals surface area contributed by atoms with Crippen LogP contribution < -0.4 is 0 Å². The van der Waals surface area contributed by atoms with Crippen LogP contribution in [0.1, 0.15) is 123 Å². The topological polar surface area (TPSA) is 54.0 Å². The van der Waals surface area contributed by atoms with Gasteiger partial charge in [-0.05, 0) is 12.8 Å². The van der Waals surface area contributed by atoms with Crippen molar-refractivity contribution in [1.29, 1.82) is 0 Å². The molecule has 0 unspecified atom stereocenters. The van der Waals surface area contributed by atoms with Gasteiger partial charge < -0.3 is 18.9 Å². The first kappa shape index (κ1) is 31.4. The molecule has 0 atom stereocenters. The van der Waals surface area contributed by atoms with Crippen LogP contribution in [0.5, 0.6) is 0 Å². The molecule has 0 aliphatic heterocycles. The standard InChI is InChI=1S/C27H54O5/c1-3-5-7-9-10-11-12-13-14-16-18-20-29-21-22-30-23-24-31-25-26-32-27(28)19-17-15-8-6-4-2/h3-26H2,1-2H3. The van der Waals surface area contributed by atoms with Crippen LogP contribution in [0, 0.1) is 0 Å². The summed E-state index contributed by atoms with van der Waals surface area (Å²) < 4.78 is 21.7. The Morgan fingerprint density at radius 1 is 0.438 bits per heavy atom. The maximum absolute atomic E-state index is 11.6. The van der Waals surface area contributed by atoms with E-state index in [9.17, 15) is 4.79 Å². The van der Waals surface area contributed by atoms with Gasteiger partial charge in [0.15, 0.2) is 0 Å². The minimum Gasteiger partial charge on any atom is -0.463 e. The van der Waals surface area contributed by atoms with Crippen LogP contribution in [-0.2, 0) is 23.7 Å². The van der Waals surface area contributed by atoms with E-state index in [1.165, 1.54) is 83.5 Å².